The summed E-state index contributed by atoms with van der Waals surface area (Å²) in [7, 11) is 0. The van der Waals surface area contributed by atoms with E-state index in [2.05, 4.69) is 5.32 Å². The molecule has 0 aromatic carbocycles. The number of halogens is 3. The summed E-state index contributed by atoms with van der Waals surface area (Å²) in [4.78, 5) is 25.9. The van der Waals surface area contributed by atoms with Gasteiger partial charge in [-0.15, -0.1) is 0 Å². The molecule has 8 heteroatoms. The molecular weight excluding hydrogens is 305 g/mol. The fraction of sp³-hybridized carbons (Fsp3) is 0.846. The summed E-state index contributed by atoms with van der Waals surface area (Å²) >= 11 is -0.167. The highest BCUT2D eigenvalue weighted by atomic mass is 32.2. The zero-order chi connectivity index (χ0) is 16.3. The Balaban J connectivity index is 2.85. The summed E-state index contributed by atoms with van der Waals surface area (Å²) in [5.74, 6) is -0.841. The molecular formula is C13H21F3N2O2S. The number of hydrogen-bond acceptors (Lipinski definition) is 3. The van der Waals surface area contributed by atoms with Crippen molar-refractivity contribution in [2.24, 2.45) is 0 Å². The molecule has 0 aliphatic carbocycles. The molecule has 21 heavy (non-hydrogen) atoms. The topological polar surface area (TPSA) is 49.4 Å². The predicted octanol–water partition coefficient (Wildman–Crippen LogP) is 2.54. The van der Waals surface area contributed by atoms with Crippen molar-refractivity contribution < 1.29 is 22.8 Å². The van der Waals surface area contributed by atoms with Crippen LogP contribution >= 0.6 is 11.8 Å². The summed E-state index contributed by atoms with van der Waals surface area (Å²) in [5, 5.41) is 2.70. The van der Waals surface area contributed by atoms with E-state index >= 15 is 0 Å². The Morgan fingerprint density at radius 3 is 2.43 bits per heavy atom. The summed E-state index contributed by atoms with van der Waals surface area (Å²) in [5.41, 5.74) is -5.35. The summed E-state index contributed by atoms with van der Waals surface area (Å²) in [6, 6.07) is -0.670. The number of piperazine rings is 1. The van der Waals surface area contributed by atoms with Gasteiger partial charge in [0.25, 0.3) is 0 Å². The number of nitrogens with zero attached hydrogens (tertiary/aromatic N) is 1. The molecule has 1 rings (SSSR count). The molecule has 1 aliphatic rings. The van der Waals surface area contributed by atoms with E-state index in [4.69, 9.17) is 0 Å². The monoisotopic (exact) mass is 326 g/mol. The fourth-order valence-electron chi connectivity index (χ4n) is 2.33. The number of alkyl halides is 3. The molecule has 1 heterocycles. The van der Waals surface area contributed by atoms with Crippen LogP contribution in [0.3, 0.4) is 0 Å². The quantitative estimate of drug-likeness (QED) is 0.816. The molecule has 0 saturated carbocycles. The van der Waals surface area contributed by atoms with E-state index < -0.39 is 17.1 Å². The maximum Gasteiger partial charge on any atom is 0.441 e. The lowest BCUT2D eigenvalue weighted by Gasteiger charge is -2.44. The number of carbonyl (C=O) groups is 2. The Labute approximate surface area is 126 Å². The van der Waals surface area contributed by atoms with Crippen LogP contribution in [0.2, 0.25) is 0 Å². The molecule has 1 saturated heterocycles. The van der Waals surface area contributed by atoms with Crippen LogP contribution in [-0.2, 0) is 9.59 Å². The van der Waals surface area contributed by atoms with Gasteiger partial charge in [0, 0.05) is 12.3 Å². The van der Waals surface area contributed by atoms with Crippen molar-refractivity contribution in [3.8, 4) is 0 Å². The smallest absolute Gasteiger partial charge is 0.340 e. The molecule has 0 bridgehead atoms. The average Bonchev–Trinajstić information content (AvgIpc) is 2.38. The van der Waals surface area contributed by atoms with Crippen molar-refractivity contribution in [3.05, 3.63) is 0 Å². The maximum absolute atomic E-state index is 12.5. The van der Waals surface area contributed by atoms with E-state index in [1.807, 2.05) is 6.92 Å². The Kier molecular flexibility index (Phi) is 5.95. The van der Waals surface area contributed by atoms with Crippen molar-refractivity contribution in [1.82, 2.24) is 10.2 Å². The summed E-state index contributed by atoms with van der Waals surface area (Å²) < 4.78 is 36.7. The van der Waals surface area contributed by atoms with Gasteiger partial charge < -0.3 is 10.2 Å². The normalized spacial score (nSPS) is 27.0. The second-order valence-corrected chi connectivity index (χ2v) is 6.43. The third-order valence-corrected chi connectivity index (χ3v) is 4.39. The molecule has 2 unspecified atom stereocenters. The molecule has 0 spiro atoms. The summed E-state index contributed by atoms with van der Waals surface area (Å²) in [6.45, 7) is 5.17. The van der Waals surface area contributed by atoms with Crippen LogP contribution in [0.1, 0.15) is 40.0 Å². The fourth-order valence-corrected chi connectivity index (χ4v) is 2.85. The Morgan fingerprint density at radius 2 is 1.95 bits per heavy atom. The number of hydrogen-bond donors (Lipinski definition) is 1. The number of carbonyl (C=O) groups excluding carboxylic acids is 2. The largest absolute Gasteiger partial charge is 0.441 e. The van der Waals surface area contributed by atoms with Gasteiger partial charge in [0.05, 0.1) is 0 Å². The van der Waals surface area contributed by atoms with Gasteiger partial charge in [-0.05, 0) is 31.5 Å². The van der Waals surface area contributed by atoms with Crippen LogP contribution in [0.4, 0.5) is 13.2 Å². The maximum atomic E-state index is 12.5. The van der Waals surface area contributed by atoms with Gasteiger partial charge in [0.1, 0.15) is 11.6 Å². The number of nitrogens with one attached hydrogen (secondary N) is 1. The third-order valence-electron chi connectivity index (χ3n) is 3.68. The third kappa shape index (κ3) is 4.52. The zero-order valence-electron chi connectivity index (χ0n) is 12.4. The Hall–Kier alpha value is -0.920. The average molecular weight is 326 g/mol. The van der Waals surface area contributed by atoms with Crippen molar-refractivity contribution >= 4 is 23.6 Å². The van der Waals surface area contributed by atoms with Crippen LogP contribution in [0.15, 0.2) is 0 Å². The highest BCUT2D eigenvalue weighted by Crippen LogP contribution is 2.31. The van der Waals surface area contributed by atoms with Gasteiger partial charge in [-0.1, -0.05) is 20.3 Å². The number of rotatable bonds is 6. The number of amides is 2. The van der Waals surface area contributed by atoms with Gasteiger partial charge in [-0.3, -0.25) is 9.59 Å². The van der Waals surface area contributed by atoms with E-state index in [1.165, 1.54) is 4.90 Å². The standard InChI is InChI=1S/C13H21F3N2O2S/c1-4-6-9-10(19)17-12(3,5-2)11(20)18(9)7-8-21-13(14,15)16/h9H,4-8H2,1-3H3,(H,17,19). The van der Waals surface area contributed by atoms with E-state index in [9.17, 15) is 22.8 Å². The predicted molar refractivity (Wildman–Crippen MR) is 75.8 cm³/mol. The second kappa shape index (κ2) is 6.89. The zero-order valence-corrected chi connectivity index (χ0v) is 13.2. The molecule has 1 N–H and O–H groups in total. The first-order valence-electron chi connectivity index (χ1n) is 6.98. The van der Waals surface area contributed by atoms with Crippen LogP contribution < -0.4 is 5.32 Å². The van der Waals surface area contributed by atoms with Crippen LogP contribution in [0, 0.1) is 0 Å². The van der Waals surface area contributed by atoms with E-state index in [0.29, 0.717) is 19.3 Å². The first kappa shape index (κ1) is 18.1. The first-order valence-corrected chi connectivity index (χ1v) is 7.97. The lowest BCUT2D eigenvalue weighted by Crippen LogP contribution is -2.69. The van der Waals surface area contributed by atoms with E-state index in [0.717, 1.165) is 0 Å². The summed E-state index contributed by atoms with van der Waals surface area (Å²) in [6.07, 6.45) is 1.53. The molecule has 1 fully saturated rings. The highest BCUT2D eigenvalue weighted by Gasteiger charge is 2.46. The van der Waals surface area contributed by atoms with Gasteiger partial charge >= 0.3 is 5.51 Å². The molecule has 2 amide bonds. The lowest BCUT2D eigenvalue weighted by atomic mass is 9.91. The molecule has 0 aromatic rings. The van der Waals surface area contributed by atoms with Gasteiger partial charge in [-0.25, -0.2) is 0 Å². The minimum Gasteiger partial charge on any atom is -0.340 e. The highest BCUT2D eigenvalue weighted by molar-refractivity contribution is 8.00. The van der Waals surface area contributed by atoms with Gasteiger partial charge in [-0.2, -0.15) is 13.2 Å². The molecule has 0 aromatic heterocycles. The SMILES string of the molecule is CCCC1C(=O)NC(C)(CC)C(=O)N1CCSC(F)(F)F. The molecule has 2 atom stereocenters. The van der Waals surface area contributed by atoms with Crippen LogP contribution in [0.25, 0.3) is 0 Å². The van der Waals surface area contributed by atoms with Crippen LogP contribution in [0.5, 0.6) is 0 Å². The van der Waals surface area contributed by atoms with Crippen molar-refractivity contribution in [3.63, 3.8) is 0 Å². The van der Waals surface area contributed by atoms with Crippen molar-refractivity contribution in [2.75, 3.05) is 12.3 Å². The Morgan fingerprint density at radius 1 is 1.33 bits per heavy atom. The second-order valence-electron chi connectivity index (χ2n) is 5.27. The van der Waals surface area contributed by atoms with Gasteiger partial charge in [0.15, 0.2) is 0 Å². The molecule has 0 radical (unpaired) electrons. The number of thioether (sulfide) groups is 1. The molecule has 122 valence electrons. The molecule has 4 nitrogen and oxygen atoms in total. The minimum atomic E-state index is -4.32. The lowest BCUT2D eigenvalue weighted by molar-refractivity contribution is -0.154. The van der Waals surface area contributed by atoms with E-state index in [1.54, 1.807) is 13.8 Å². The van der Waals surface area contributed by atoms with Gasteiger partial charge in [0.2, 0.25) is 11.8 Å². The minimum absolute atomic E-state index is 0.0727. The Bertz CT molecular complexity index is 403. The molecule has 1 aliphatic heterocycles. The van der Waals surface area contributed by atoms with E-state index in [-0.39, 0.29) is 35.9 Å². The first-order chi connectivity index (χ1) is 9.64. The van der Waals surface area contributed by atoms with Crippen LogP contribution in [-0.4, -0.2) is 46.1 Å². The van der Waals surface area contributed by atoms with Crippen molar-refractivity contribution in [2.45, 2.75) is 57.1 Å². The van der Waals surface area contributed by atoms with Crippen molar-refractivity contribution in [1.29, 1.82) is 0 Å².